The van der Waals surface area contributed by atoms with Gasteiger partial charge in [-0.3, -0.25) is 4.90 Å². The number of rotatable bonds is 5. The molecule has 2 heteroatoms. The van der Waals surface area contributed by atoms with Crippen LogP contribution in [-0.4, -0.2) is 24.3 Å². The molecular weight excluding hydrogens is 198 g/mol. The number of hydrogen-bond acceptors (Lipinski definition) is 2. The third-order valence-corrected chi connectivity index (χ3v) is 3.18. The Morgan fingerprint density at radius 3 is 2.31 bits per heavy atom. The number of aryl methyl sites for hydroxylation is 1. The van der Waals surface area contributed by atoms with Gasteiger partial charge in [0.15, 0.2) is 0 Å². The molecule has 0 amide bonds. The molecule has 1 fully saturated rings. The Morgan fingerprint density at radius 1 is 1.06 bits per heavy atom. The predicted octanol–water partition coefficient (Wildman–Crippen LogP) is 2.41. The Morgan fingerprint density at radius 2 is 1.69 bits per heavy atom. The average Bonchev–Trinajstić information content (AvgIpc) is 2.81. The maximum Gasteiger partial charge on any atom is 0.120 e. The number of likely N-dealkylation sites (tertiary alicyclic amines) is 1. The third kappa shape index (κ3) is 3.17. The molecule has 1 aromatic rings. The molecule has 0 spiro atoms. The molecule has 2 nitrogen and oxygen atoms in total. The van der Waals surface area contributed by atoms with Crippen molar-refractivity contribution in [1.82, 2.24) is 4.90 Å². The highest BCUT2D eigenvalue weighted by Gasteiger charge is 2.11. The summed E-state index contributed by atoms with van der Waals surface area (Å²) in [7, 11) is 0. The van der Waals surface area contributed by atoms with Crippen LogP contribution in [0.5, 0.6) is 0 Å². The summed E-state index contributed by atoms with van der Waals surface area (Å²) in [6.45, 7) is 3.56. The Labute approximate surface area is 97.3 Å². The van der Waals surface area contributed by atoms with Gasteiger partial charge in [-0.05, 0) is 43.5 Å². The van der Waals surface area contributed by atoms with E-state index in [1.807, 2.05) is 0 Å². The fourth-order valence-corrected chi connectivity index (χ4v) is 2.24. The first-order valence-corrected chi connectivity index (χ1v) is 6.12. The quantitative estimate of drug-likeness (QED) is 0.706. The monoisotopic (exact) mass is 217 g/mol. The molecular formula is C14H19NO. The second kappa shape index (κ2) is 5.80. The van der Waals surface area contributed by atoms with Gasteiger partial charge in [0.2, 0.25) is 0 Å². The standard InChI is InChI=1S/C14H19NO/c16-11-3-4-13-5-7-14(8-6-13)12-15-9-1-2-10-15/h5-8,11H,1-4,9-10,12H2. The SMILES string of the molecule is O=CCCc1ccc(CN2CCCC2)cc1. The van der Waals surface area contributed by atoms with E-state index >= 15 is 0 Å². The first-order valence-electron chi connectivity index (χ1n) is 6.12. The highest BCUT2D eigenvalue weighted by molar-refractivity contribution is 5.50. The average molecular weight is 217 g/mol. The van der Waals surface area contributed by atoms with Gasteiger partial charge in [0.25, 0.3) is 0 Å². The Kier molecular flexibility index (Phi) is 4.11. The van der Waals surface area contributed by atoms with Crippen molar-refractivity contribution in [3.63, 3.8) is 0 Å². The lowest BCUT2D eigenvalue weighted by molar-refractivity contribution is -0.107. The van der Waals surface area contributed by atoms with Gasteiger partial charge in [0, 0.05) is 13.0 Å². The maximum atomic E-state index is 10.3. The van der Waals surface area contributed by atoms with Crippen LogP contribution in [0.1, 0.15) is 30.4 Å². The van der Waals surface area contributed by atoms with E-state index in [1.165, 1.54) is 37.1 Å². The van der Waals surface area contributed by atoms with E-state index in [-0.39, 0.29) is 0 Å². The molecule has 2 rings (SSSR count). The van der Waals surface area contributed by atoms with Gasteiger partial charge in [-0.1, -0.05) is 24.3 Å². The number of benzene rings is 1. The third-order valence-electron chi connectivity index (χ3n) is 3.18. The number of carbonyl (C=O) groups is 1. The Hall–Kier alpha value is -1.15. The molecule has 0 atom stereocenters. The molecule has 1 heterocycles. The van der Waals surface area contributed by atoms with Gasteiger partial charge >= 0.3 is 0 Å². The molecule has 0 saturated carbocycles. The van der Waals surface area contributed by atoms with Crippen molar-refractivity contribution in [1.29, 1.82) is 0 Å². The lowest BCUT2D eigenvalue weighted by Gasteiger charge is -2.14. The van der Waals surface area contributed by atoms with Crippen molar-refractivity contribution in [3.8, 4) is 0 Å². The molecule has 1 aromatic carbocycles. The highest BCUT2D eigenvalue weighted by Crippen LogP contribution is 2.13. The van der Waals surface area contributed by atoms with Crippen molar-refractivity contribution in [2.45, 2.75) is 32.2 Å². The van der Waals surface area contributed by atoms with Crippen molar-refractivity contribution < 1.29 is 4.79 Å². The van der Waals surface area contributed by atoms with Gasteiger partial charge in [0.1, 0.15) is 6.29 Å². The van der Waals surface area contributed by atoms with Crippen LogP contribution in [0.15, 0.2) is 24.3 Å². The van der Waals surface area contributed by atoms with Crippen LogP contribution < -0.4 is 0 Å². The summed E-state index contributed by atoms with van der Waals surface area (Å²) >= 11 is 0. The van der Waals surface area contributed by atoms with Gasteiger partial charge in [-0.15, -0.1) is 0 Å². The summed E-state index contributed by atoms with van der Waals surface area (Å²) in [6.07, 6.45) is 5.17. The second-order valence-electron chi connectivity index (χ2n) is 4.51. The van der Waals surface area contributed by atoms with Crippen molar-refractivity contribution >= 4 is 6.29 Å². The number of aldehydes is 1. The summed E-state index contributed by atoms with van der Waals surface area (Å²) in [5.41, 5.74) is 2.65. The van der Waals surface area contributed by atoms with E-state index in [0.29, 0.717) is 6.42 Å². The minimum atomic E-state index is 0.630. The molecule has 0 bridgehead atoms. The number of nitrogens with zero attached hydrogens (tertiary/aromatic N) is 1. The zero-order valence-corrected chi connectivity index (χ0v) is 9.69. The van der Waals surface area contributed by atoms with Gasteiger partial charge in [-0.2, -0.15) is 0 Å². The zero-order chi connectivity index (χ0) is 11.2. The lowest BCUT2D eigenvalue weighted by Crippen LogP contribution is -2.18. The van der Waals surface area contributed by atoms with E-state index < -0.39 is 0 Å². The number of hydrogen-bond donors (Lipinski definition) is 0. The van der Waals surface area contributed by atoms with Crippen LogP contribution in [0.25, 0.3) is 0 Å². The number of carbonyl (C=O) groups excluding carboxylic acids is 1. The minimum absolute atomic E-state index is 0.630. The second-order valence-corrected chi connectivity index (χ2v) is 4.51. The van der Waals surface area contributed by atoms with Crippen LogP contribution in [0.3, 0.4) is 0 Å². The molecule has 0 unspecified atom stereocenters. The molecule has 16 heavy (non-hydrogen) atoms. The summed E-state index contributed by atoms with van der Waals surface area (Å²) < 4.78 is 0. The smallest absolute Gasteiger partial charge is 0.120 e. The van der Waals surface area contributed by atoms with E-state index in [4.69, 9.17) is 0 Å². The van der Waals surface area contributed by atoms with Crippen molar-refractivity contribution in [2.75, 3.05) is 13.1 Å². The molecule has 1 aliphatic rings. The summed E-state index contributed by atoms with van der Waals surface area (Å²) in [5.74, 6) is 0. The molecule has 1 saturated heterocycles. The first kappa shape index (κ1) is 11.3. The van der Waals surface area contributed by atoms with E-state index in [1.54, 1.807) is 0 Å². The van der Waals surface area contributed by atoms with Gasteiger partial charge in [-0.25, -0.2) is 0 Å². The van der Waals surface area contributed by atoms with Crippen molar-refractivity contribution in [2.24, 2.45) is 0 Å². The predicted molar refractivity (Wildman–Crippen MR) is 65.3 cm³/mol. The summed E-state index contributed by atoms with van der Waals surface area (Å²) in [5, 5.41) is 0. The van der Waals surface area contributed by atoms with E-state index in [2.05, 4.69) is 29.2 Å². The van der Waals surface area contributed by atoms with E-state index in [9.17, 15) is 4.79 Å². The molecule has 0 N–H and O–H groups in total. The molecule has 0 aromatic heterocycles. The summed E-state index contributed by atoms with van der Waals surface area (Å²) in [4.78, 5) is 12.8. The topological polar surface area (TPSA) is 20.3 Å². The largest absolute Gasteiger partial charge is 0.303 e. The molecule has 1 aliphatic heterocycles. The lowest BCUT2D eigenvalue weighted by atomic mass is 10.1. The van der Waals surface area contributed by atoms with Crippen LogP contribution in [0, 0.1) is 0 Å². The van der Waals surface area contributed by atoms with E-state index in [0.717, 1.165) is 19.3 Å². The first-order chi connectivity index (χ1) is 7.88. The van der Waals surface area contributed by atoms with Crippen LogP contribution in [0.4, 0.5) is 0 Å². The van der Waals surface area contributed by atoms with Crippen LogP contribution in [-0.2, 0) is 17.8 Å². The van der Waals surface area contributed by atoms with Crippen molar-refractivity contribution in [3.05, 3.63) is 35.4 Å². The maximum absolute atomic E-state index is 10.3. The highest BCUT2D eigenvalue weighted by atomic mass is 16.1. The normalized spacial score (nSPS) is 16.5. The van der Waals surface area contributed by atoms with Gasteiger partial charge in [0.05, 0.1) is 0 Å². The minimum Gasteiger partial charge on any atom is -0.303 e. The van der Waals surface area contributed by atoms with Crippen LogP contribution >= 0.6 is 0 Å². The molecule has 86 valence electrons. The summed E-state index contributed by atoms with van der Waals surface area (Å²) in [6, 6.07) is 8.68. The van der Waals surface area contributed by atoms with Gasteiger partial charge < -0.3 is 4.79 Å². The Bertz CT molecular complexity index is 325. The Balaban J connectivity index is 1.88. The fraction of sp³-hybridized carbons (Fsp3) is 0.500. The molecule has 0 radical (unpaired) electrons. The van der Waals surface area contributed by atoms with Crippen LogP contribution in [0.2, 0.25) is 0 Å². The molecule has 0 aliphatic carbocycles. The fourth-order valence-electron chi connectivity index (χ4n) is 2.24. The zero-order valence-electron chi connectivity index (χ0n) is 9.69.